The van der Waals surface area contributed by atoms with Crippen LogP contribution in [0.25, 0.3) is 6.08 Å². The van der Waals surface area contributed by atoms with Crippen molar-refractivity contribution in [2.75, 3.05) is 62.2 Å². The van der Waals surface area contributed by atoms with Crippen molar-refractivity contribution in [3.8, 4) is 0 Å². The second-order valence-electron chi connectivity index (χ2n) is 14.3. The van der Waals surface area contributed by atoms with Crippen LogP contribution in [-0.4, -0.2) is 99.9 Å². The van der Waals surface area contributed by atoms with Gasteiger partial charge in [0.15, 0.2) is 0 Å². The van der Waals surface area contributed by atoms with E-state index in [1.54, 1.807) is 29.6 Å². The van der Waals surface area contributed by atoms with Crippen LogP contribution in [0, 0.1) is 0 Å². The molecule has 5 aromatic rings. The molecule has 2 amide bonds. The molecule has 0 saturated carbocycles. The van der Waals surface area contributed by atoms with Crippen LogP contribution in [0.2, 0.25) is 0 Å². The van der Waals surface area contributed by atoms with Crippen LogP contribution in [0.1, 0.15) is 27.8 Å². The van der Waals surface area contributed by atoms with Gasteiger partial charge in [-0.2, -0.15) is 13.2 Å². The molecule has 0 bridgehead atoms. The van der Waals surface area contributed by atoms with Crippen molar-refractivity contribution in [1.29, 1.82) is 0 Å². The first-order valence-electron chi connectivity index (χ1n) is 19.2. The van der Waals surface area contributed by atoms with E-state index < -0.39 is 23.7 Å². The number of aromatic nitrogens is 3. The molecular weight excluding hydrogens is 730 g/mol. The van der Waals surface area contributed by atoms with Crippen molar-refractivity contribution in [3.63, 3.8) is 0 Å². The zero-order chi connectivity index (χ0) is 39.6. The van der Waals surface area contributed by atoms with E-state index >= 15 is 0 Å². The Bertz CT molecular complexity index is 2070. The van der Waals surface area contributed by atoms with Gasteiger partial charge in [0.25, 0.3) is 0 Å². The number of piperazine rings is 2. The highest BCUT2D eigenvalue weighted by molar-refractivity contribution is 5.95. The highest BCUT2D eigenvalue weighted by Gasteiger charge is 2.34. The lowest BCUT2D eigenvalue weighted by atomic mass is 10.0. The number of amides is 2. The van der Waals surface area contributed by atoms with Crippen LogP contribution < -0.4 is 9.80 Å². The average molecular weight is 775 g/mol. The number of carbonyl (C=O) groups is 2. The van der Waals surface area contributed by atoms with Gasteiger partial charge in [-0.1, -0.05) is 78.9 Å². The Kier molecular flexibility index (Phi) is 12.5. The van der Waals surface area contributed by atoms with Gasteiger partial charge >= 0.3 is 6.18 Å². The molecule has 3 aromatic carbocycles. The summed E-state index contributed by atoms with van der Waals surface area (Å²) in [6.45, 7) is 6.25. The molecule has 4 heterocycles. The van der Waals surface area contributed by atoms with Crippen molar-refractivity contribution in [2.45, 2.75) is 31.7 Å². The van der Waals surface area contributed by atoms with Gasteiger partial charge in [-0.05, 0) is 52.6 Å². The second kappa shape index (κ2) is 18.2. The third-order valence-electron chi connectivity index (χ3n) is 10.4. The first-order chi connectivity index (χ1) is 27.7. The first kappa shape index (κ1) is 39.2. The topological polar surface area (TPSA) is 89.0 Å². The van der Waals surface area contributed by atoms with Crippen molar-refractivity contribution < 1.29 is 22.8 Å². The van der Waals surface area contributed by atoms with Gasteiger partial charge in [0.1, 0.15) is 11.9 Å². The lowest BCUT2D eigenvalue weighted by Crippen LogP contribution is -2.56. The summed E-state index contributed by atoms with van der Waals surface area (Å²) in [4.78, 5) is 52.6. The SMILES string of the molecule is O=C([C@H](Cc1ccccc1)N(Cc1ccc(N2CCN(c3ncccn3)CC2)nc1)C(=O)/C=C/c1ccc(C(F)(F)F)cc1)N1CCN(Cc2ccccc2)CC1. The number of hydrogen-bond donors (Lipinski definition) is 0. The monoisotopic (exact) mass is 774 g/mol. The minimum atomic E-state index is -4.47. The fourth-order valence-electron chi connectivity index (χ4n) is 7.22. The number of carbonyl (C=O) groups excluding carboxylic acids is 2. The Morgan fingerprint density at radius 1 is 0.684 bits per heavy atom. The van der Waals surface area contributed by atoms with Crippen LogP contribution in [0.3, 0.4) is 0 Å². The maximum Gasteiger partial charge on any atom is 0.416 e. The number of anilines is 2. The number of pyridine rings is 1. The molecule has 0 spiro atoms. The van der Waals surface area contributed by atoms with E-state index in [9.17, 15) is 22.8 Å². The van der Waals surface area contributed by atoms with Crippen LogP contribution in [-0.2, 0) is 35.3 Å². The van der Waals surface area contributed by atoms with Crippen molar-refractivity contribution in [3.05, 3.63) is 156 Å². The van der Waals surface area contributed by atoms with Gasteiger partial charge in [0, 0.05) is 96.5 Å². The van der Waals surface area contributed by atoms with E-state index in [1.807, 2.05) is 65.6 Å². The minimum absolute atomic E-state index is 0.0970. The second-order valence-corrected chi connectivity index (χ2v) is 14.3. The summed E-state index contributed by atoms with van der Waals surface area (Å²) in [7, 11) is 0. The van der Waals surface area contributed by atoms with Gasteiger partial charge in [-0.15, -0.1) is 0 Å². The van der Waals surface area contributed by atoms with E-state index in [1.165, 1.54) is 29.8 Å². The zero-order valence-electron chi connectivity index (χ0n) is 31.6. The summed E-state index contributed by atoms with van der Waals surface area (Å²) in [6.07, 6.45) is 3.85. The molecule has 0 radical (unpaired) electrons. The molecule has 10 nitrogen and oxygen atoms in total. The molecule has 2 fully saturated rings. The first-order valence-corrected chi connectivity index (χ1v) is 19.2. The van der Waals surface area contributed by atoms with Crippen LogP contribution in [0.15, 0.2) is 128 Å². The molecule has 1 atom stereocenters. The normalized spacial score (nSPS) is 15.8. The average Bonchev–Trinajstić information content (AvgIpc) is 3.25. The van der Waals surface area contributed by atoms with Crippen molar-refractivity contribution >= 4 is 29.7 Å². The number of nitrogens with zero attached hydrogens (tertiary/aromatic N) is 8. The maximum absolute atomic E-state index is 14.6. The molecule has 0 unspecified atom stereocenters. The Balaban J connectivity index is 1.12. The number of hydrogen-bond acceptors (Lipinski definition) is 8. The quantitative estimate of drug-likeness (QED) is 0.138. The number of benzene rings is 3. The predicted molar refractivity (Wildman–Crippen MR) is 214 cm³/mol. The van der Waals surface area contributed by atoms with E-state index in [4.69, 9.17) is 4.98 Å². The molecular formula is C44H45F3N8O2. The van der Waals surface area contributed by atoms with E-state index in [-0.39, 0.29) is 18.9 Å². The third-order valence-corrected chi connectivity index (χ3v) is 10.4. The molecule has 2 aliphatic rings. The summed E-state index contributed by atoms with van der Waals surface area (Å²) in [5.74, 6) is 0.915. The van der Waals surface area contributed by atoms with Crippen LogP contribution in [0.5, 0.6) is 0 Å². The third kappa shape index (κ3) is 10.4. The smallest absolute Gasteiger partial charge is 0.353 e. The fraction of sp³-hybridized carbons (Fsp3) is 0.295. The molecule has 0 N–H and O–H groups in total. The van der Waals surface area contributed by atoms with Crippen molar-refractivity contribution in [1.82, 2.24) is 29.7 Å². The predicted octanol–water partition coefficient (Wildman–Crippen LogP) is 6.21. The number of rotatable bonds is 12. The Labute approximate surface area is 330 Å². The van der Waals surface area contributed by atoms with Gasteiger partial charge in [-0.25, -0.2) is 15.0 Å². The molecule has 57 heavy (non-hydrogen) atoms. The van der Waals surface area contributed by atoms with Gasteiger partial charge in [-0.3, -0.25) is 14.5 Å². The number of halogens is 3. The summed E-state index contributed by atoms with van der Waals surface area (Å²) in [5, 5.41) is 0. The van der Waals surface area contributed by atoms with Gasteiger partial charge < -0.3 is 19.6 Å². The fourth-order valence-corrected chi connectivity index (χ4v) is 7.22. The lowest BCUT2D eigenvalue weighted by molar-refractivity contribution is -0.145. The highest BCUT2D eigenvalue weighted by atomic mass is 19.4. The molecule has 13 heteroatoms. The van der Waals surface area contributed by atoms with E-state index in [2.05, 4.69) is 36.8 Å². The zero-order valence-corrected chi connectivity index (χ0v) is 31.6. The minimum Gasteiger partial charge on any atom is -0.353 e. The summed E-state index contributed by atoms with van der Waals surface area (Å²) >= 11 is 0. The van der Waals surface area contributed by atoms with E-state index in [0.29, 0.717) is 37.7 Å². The van der Waals surface area contributed by atoms with Gasteiger partial charge in [0.2, 0.25) is 17.8 Å². The van der Waals surface area contributed by atoms with Crippen LogP contribution in [0.4, 0.5) is 24.9 Å². The molecule has 2 aliphatic heterocycles. The summed E-state index contributed by atoms with van der Waals surface area (Å²) < 4.78 is 39.7. The molecule has 294 valence electrons. The molecule has 0 aliphatic carbocycles. The highest BCUT2D eigenvalue weighted by Crippen LogP contribution is 2.29. The molecule has 7 rings (SSSR count). The molecule has 2 saturated heterocycles. The summed E-state index contributed by atoms with van der Waals surface area (Å²) in [6, 6.07) is 29.3. The van der Waals surface area contributed by atoms with Gasteiger partial charge in [0.05, 0.1) is 5.56 Å². The standard InChI is InChI=1S/C44H45F3N8O2/c45-44(46,47)38-16-12-34(13-17-38)15-19-41(56)55(33-37-14-18-40(50-31-37)52-26-28-54(29-27-52)43-48-20-7-21-49-43)39(30-35-8-3-1-4-9-35)42(57)53-24-22-51(23-25-53)32-36-10-5-2-6-11-36/h1-21,31,39H,22-30,32-33H2/b19-15+/t39-/m0/s1. The maximum atomic E-state index is 14.6. The lowest BCUT2D eigenvalue weighted by Gasteiger charge is -2.39. The number of alkyl halides is 3. The molecule has 2 aromatic heterocycles. The Hall–Kier alpha value is -6.08. The Morgan fingerprint density at radius 3 is 1.93 bits per heavy atom. The largest absolute Gasteiger partial charge is 0.416 e. The van der Waals surface area contributed by atoms with Crippen LogP contribution >= 0.6 is 0 Å². The Morgan fingerprint density at radius 2 is 1.32 bits per heavy atom. The summed E-state index contributed by atoms with van der Waals surface area (Å²) in [5.41, 5.74) is 2.51. The van der Waals surface area contributed by atoms with E-state index in [0.717, 1.165) is 61.8 Å². The van der Waals surface area contributed by atoms with Crippen molar-refractivity contribution in [2.24, 2.45) is 0 Å².